The summed E-state index contributed by atoms with van der Waals surface area (Å²) in [5.74, 6) is 0.427. The van der Waals surface area contributed by atoms with E-state index in [0.717, 1.165) is 0 Å². The fourth-order valence-electron chi connectivity index (χ4n) is 2.30. The minimum absolute atomic E-state index is 0.345. The van der Waals surface area contributed by atoms with Crippen LogP contribution in [0.2, 0.25) is 0 Å². The van der Waals surface area contributed by atoms with Crippen molar-refractivity contribution in [2.75, 3.05) is 0 Å². The van der Waals surface area contributed by atoms with E-state index in [1.54, 1.807) is 43.0 Å². The van der Waals surface area contributed by atoms with Gasteiger partial charge in [0.15, 0.2) is 0 Å². The lowest BCUT2D eigenvalue weighted by molar-refractivity contribution is 0.473. The average molecular weight is 333 g/mol. The van der Waals surface area contributed by atoms with Crippen molar-refractivity contribution < 1.29 is 9.13 Å². The van der Waals surface area contributed by atoms with Gasteiger partial charge < -0.3 is 4.74 Å². The maximum absolute atomic E-state index is 14.0. The maximum atomic E-state index is 14.0. The Hall–Kier alpha value is -3.61. The molecule has 0 aliphatic carbocycles. The van der Waals surface area contributed by atoms with Gasteiger partial charge in [-0.25, -0.2) is 9.07 Å². The third-order valence-electron chi connectivity index (χ3n) is 3.41. The van der Waals surface area contributed by atoms with E-state index in [-0.39, 0.29) is 0 Å². The molecule has 4 aromatic rings. The van der Waals surface area contributed by atoms with Crippen LogP contribution in [0.1, 0.15) is 0 Å². The quantitative estimate of drug-likeness (QED) is 0.570. The molecular formula is C18H12FN5O. The number of pyridine rings is 2. The monoisotopic (exact) mass is 333 g/mol. The van der Waals surface area contributed by atoms with Crippen molar-refractivity contribution in [3.05, 3.63) is 79.1 Å². The topological polar surface area (TPSA) is 65.7 Å². The number of hydrogen-bond acceptors (Lipinski definition) is 5. The molecule has 0 radical (unpaired) electrons. The second-order valence-corrected chi connectivity index (χ2v) is 5.20. The molecule has 0 N–H and O–H groups in total. The molecule has 0 bridgehead atoms. The molecule has 6 nitrogen and oxygen atoms in total. The first-order chi connectivity index (χ1) is 12.3. The van der Waals surface area contributed by atoms with Crippen LogP contribution >= 0.6 is 0 Å². The highest BCUT2D eigenvalue weighted by molar-refractivity contribution is 5.53. The van der Waals surface area contributed by atoms with Gasteiger partial charge in [0.1, 0.15) is 23.0 Å². The molecule has 0 fully saturated rings. The average Bonchev–Trinajstić information content (AvgIpc) is 3.13. The predicted molar refractivity (Wildman–Crippen MR) is 88.9 cm³/mol. The van der Waals surface area contributed by atoms with Crippen LogP contribution < -0.4 is 4.74 Å². The second-order valence-electron chi connectivity index (χ2n) is 5.20. The highest BCUT2D eigenvalue weighted by atomic mass is 19.1. The molecule has 122 valence electrons. The van der Waals surface area contributed by atoms with Crippen LogP contribution in [0.15, 0.2) is 73.3 Å². The van der Waals surface area contributed by atoms with Gasteiger partial charge in [0, 0.05) is 24.5 Å². The van der Waals surface area contributed by atoms with Crippen LogP contribution in [0.3, 0.4) is 0 Å². The Bertz CT molecular complexity index is 989. The Kier molecular flexibility index (Phi) is 3.88. The first kappa shape index (κ1) is 14.9. The molecule has 0 aliphatic rings. The van der Waals surface area contributed by atoms with Crippen molar-refractivity contribution in [3.63, 3.8) is 0 Å². The van der Waals surface area contributed by atoms with E-state index >= 15 is 0 Å². The van der Waals surface area contributed by atoms with E-state index < -0.39 is 5.82 Å². The predicted octanol–water partition coefficient (Wildman–Crippen LogP) is 3.66. The zero-order valence-corrected chi connectivity index (χ0v) is 13.0. The van der Waals surface area contributed by atoms with Gasteiger partial charge in [-0.05, 0) is 30.3 Å². The number of ether oxygens (including phenoxy) is 1. The highest BCUT2D eigenvalue weighted by Gasteiger charge is 2.09. The molecule has 7 heteroatoms. The van der Waals surface area contributed by atoms with E-state index in [4.69, 9.17) is 4.74 Å². The van der Waals surface area contributed by atoms with Crippen LogP contribution in [0.5, 0.6) is 11.5 Å². The summed E-state index contributed by atoms with van der Waals surface area (Å²) in [5.41, 5.74) is 1.78. The first-order valence-corrected chi connectivity index (χ1v) is 7.50. The number of halogens is 1. The Labute approximate surface area is 142 Å². The lowest BCUT2D eigenvalue weighted by Gasteiger charge is -2.07. The van der Waals surface area contributed by atoms with Crippen LogP contribution in [-0.4, -0.2) is 25.0 Å². The Balaban J connectivity index is 1.66. The number of aromatic nitrogens is 5. The zero-order valence-electron chi connectivity index (χ0n) is 13.0. The molecular weight excluding hydrogens is 321 g/mol. The molecule has 0 unspecified atom stereocenters. The Morgan fingerprint density at radius 2 is 1.88 bits per heavy atom. The fourth-order valence-corrected chi connectivity index (χ4v) is 2.30. The molecule has 0 saturated carbocycles. The summed E-state index contributed by atoms with van der Waals surface area (Å²) in [6, 6.07) is 13.3. The lowest BCUT2D eigenvalue weighted by Crippen LogP contribution is -1.97. The van der Waals surface area contributed by atoms with Crippen LogP contribution in [0.25, 0.3) is 17.1 Å². The van der Waals surface area contributed by atoms with Crippen molar-refractivity contribution in [1.29, 1.82) is 0 Å². The molecule has 3 heterocycles. The van der Waals surface area contributed by atoms with Gasteiger partial charge in [-0.15, -0.1) is 5.10 Å². The molecule has 0 atom stereocenters. The minimum atomic E-state index is -0.439. The Morgan fingerprint density at radius 3 is 2.68 bits per heavy atom. The largest absolute Gasteiger partial charge is 0.456 e. The normalized spacial score (nSPS) is 10.6. The summed E-state index contributed by atoms with van der Waals surface area (Å²) in [6.45, 7) is 0. The van der Waals surface area contributed by atoms with Gasteiger partial charge in [0.2, 0.25) is 0 Å². The second kappa shape index (κ2) is 6.48. The Morgan fingerprint density at radius 1 is 0.920 bits per heavy atom. The molecule has 0 amide bonds. The minimum Gasteiger partial charge on any atom is -0.456 e. The van der Waals surface area contributed by atoms with E-state index in [1.165, 1.54) is 16.8 Å². The first-order valence-electron chi connectivity index (χ1n) is 7.50. The van der Waals surface area contributed by atoms with Gasteiger partial charge in [0.25, 0.3) is 0 Å². The van der Waals surface area contributed by atoms with E-state index in [0.29, 0.717) is 28.6 Å². The molecule has 0 spiro atoms. The smallest absolute Gasteiger partial charge is 0.145 e. The molecule has 3 aromatic heterocycles. The number of benzene rings is 1. The van der Waals surface area contributed by atoms with E-state index in [9.17, 15) is 4.39 Å². The number of hydrogen-bond donors (Lipinski definition) is 0. The van der Waals surface area contributed by atoms with Crippen molar-refractivity contribution in [2.24, 2.45) is 0 Å². The summed E-state index contributed by atoms with van der Waals surface area (Å²) in [4.78, 5) is 8.19. The van der Waals surface area contributed by atoms with Crippen LogP contribution in [0.4, 0.5) is 4.39 Å². The number of nitrogens with zero attached hydrogens (tertiary/aromatic N) is 5. The maximum Gasteiger partial charge on any atom is 0.145 e. The summed E-state index contributed by atoms with van der Waals surface area (Å²) in [7, 11) is 0. The van der Waals surface area contributed by atoms with Crippen LogP contribution in [-0.2, 0) is 0 Å². The molecule has 25 heavy (non-hydrogen) atoms. The highest BCUT2D eigenvalue weighted by Crippen LogP contribution is 2.25. The summed E-state index contributed by atoms with van der Waals surface area (Å²) < 4.78 is 21.1. The molecule has 0 aliphatic heterocycles. The molecule has 0 saturated heterocycles. The summed E-state index contributed by atoms with van der Waals surface area (Å²) in [5, 5.41) is 8.13. The van der Waals surface area contributed by atoms with Gasteiger partial charge in [-0.1, -0.05) is 11.3 Å². The van der Waals surface area contributed by atoms with Gasteiger partial charge >= 0.3 is 0 Å². The lowest BCUT2D eigenvalue weighted by atomic mass is 10.2. The van der Waals surface area contributed by atoms with Crippen molar-refractivity contribution in [2.45, 2.75) is 0 Å². The third kappa shape index (κ3) is 3.35. The van der Waals surface area contributed by atoms with Gasteiger partial charge in [0.05, 0.1) is 23.8 Å². The van der Waals surface area contributed by atoms with Crippen molar-refractivity contribution >= 4 is 0 Å². The SMILES string of the molecule is Fc1cc(Oc2cccnc2)cc(-n2cc(-c3ccccn3)nn2)c1. The standard InChI is InChI=1S/C18H12FN5O/c19-13-8-14(10-16(9-13)25-15-4-3-6-20-11-15)24-12-18(22-23-24)17-5-1-2-7-21-17/h1-12H. The fraction of sp³-hybridized carbons (Fsp3) is 0. The molecule has 1 aromatic carbocycles. The summed E-state index contributed by atoms with van der Waals surface area (Å²) >= 11 is 0. The van der Waals surface area contributed by atoms with Crippen molar-refractivity contribution in [3.8, 4) is 28.6 Å². The zero-order chi connectivity index (χ0) is 17.1. The van der Waals surface area contributed by atoms with Gasteiger partial charge in [-0.2, -0.15) is 0 Å². The molecule has 4 rings (SSSR count). The van der Waals surface area contributed by atoms with E-state index in [2.05, 4.69) is 20.3 Å². The van der Waals surface area contributed by atoms with Crippen LogP contribution in [0, 0.1) is 5.82 Å². The van der Waals surface area contributed by atoms with E-state index in [1.807, 2.05) is 18.2 Å². The van der Waals surface area contributed by atoms with Gasteiger partial charge in [-0.3, -0.25) is 9.97 Å². The van der Waals surface area contributed by atoms with Crippen molar-refractivity contribution in [1.82, 2.24) is 25.0 Å². The third-order valence-corrected chi connectivity index (χ3v) is 3.41. The summed E-state index contributed by atoms with van der Waals surface area (Å²) in [6.07, 6.45) is 6.55. The number of rotatable bonds is 4.